The molecule has 1 aromatic rings. The lowest BCUT2D eigenvalue weighted by molar-refractivity contribution is -0.136. The van der Waals surface area contributed by atoms with Crippen molar-refractivity contribution >= 4 is 29.0 Å². The highest BCUT2D eigenvalue weighted by Crippen LogP contribution is 2.38. The normalized spacial score (nSPS) is 24.1. The molecule has 7 heteroatoms. The van der Waals surface area contributed by atoms with E-state index >= 15 is 0 Å². The molecule has 1 atom stereocenters. The van der Waals surface area contributed by atoms with E-state index in [1.165, 1.54) is 6.07 Å². The summed E-state index contributed by atoms with van der Waals surface area (Å²) in [5.74, 6) is -0.511. The molecular weight excluding hydrogens is 377 g/mol. The van der Waals surface area contributed by atoms with E-state index in [9.17, 15) is 14.0 Å². The fourth-order valence-electron chi connectivity index (χ4n) is 4.74. The van der Waals surface area contributed by atoms with Crippen LogP contribution in [0.1, 0.15) is 62.1 Å². The summed E-state index contributed by atoms with van der Waals surface area (Å²) in [5.41, 5.74) is 2.83. The van der Waals surface area contributed by atoms with Crippen molar-refractivity contribution in [2.45, 2.75) is 64.1 Å². The number of rotatable bonds is 3. The molecule has 0 saturated carbocycles. The van der Waals surface area contributed by atoms with Crippen LogP contribution in [0.15, 0.2) is 12.1 Å². The molecule has 2 amide bonds. The number of likely N-dealkylation sites (tertiary alicyclic amines) is 1. The number of piperidine rings is 2. The zero-order chi connectivity index (χ0) is 20.0. The van der Waals surface area contributed by atoms with Crippen LogP contribution in [0, 0.1) is 5.82 Å². The van der Waals surface area contributed by atoms with Gasteiger partial charge in [0.2, 0.25) is 11.8 Å². The Kier molecular flexibility index (Phi) is 5.22. The Bertz CT molecular complexity index is 833. The molecule has 1 aromatic carbocycles. The lowest BCUT2D eigenvalue weighted by atomic mass is 9.85. The molecule has 1 unspecified atom stereocenters. The average Bonchev–Trinajstić information content (AvgIpc) is 2.98. The number of thiocarbonyl (C=S) groups is 1. The Morgan fingerprint density at radius 2 is 1.89 bits per heavy atom. The van der Waals surface area contributed by atoms with Crippen LogP contribution in [-0.4, -0.2) is 51.8 Å². The minimum Gasteiger partial charge on any atom is -0.346 e. The number of carbonyl (C=O) groups excluding carboxylic acids is 2. The molecule has 150 valence electrons. The summed E-state index contributed by atoms with van der Waals surface area (Å²) in [6.07, 6.45) is 2.75. The fraction of sp³-hybridized carbons (Fsp3) is 0.571. The van der Waals surface area contributed by atoms with Crippen LogP contribution in [0.2, 0.25) is 0 Å². The van der Waals surface area contributed by atoms with Gasteiger partial charge in [0.25, 0.3) is 0 Å². The number of carbonyl (C=O) groups is 2. The van der Waals surface area contributed by atoms with Gasteiger partial charge >= 0.3 is 0 Å². The minimum atomic E-state index is -0.462. The molecule has 1 N–H and O–H groups in total. The molecule has 0 radical (unpaired) electrons. The van der Waals surface area contributed by atoms with Gasteiger partial charge in [-0.2, -0.15) is 0 Å². The first-order valence-electron chi connectivity index (χ1n) is 10.1. The molecule has 0 aromatic heterocycles. The van der Waals surface area contributed by atoms with Crippen molar-refractivity contribution in [2.75, 3.05) is 13.1 Å². The summed E-state index contributed by atoms with van der Waals surface area (Å²) in [6.45, 7) is 6.94. The maximum Gasteiger partial charge on any atom is 0.249 e. The highest BCUT2D eigenvalue weighted by atomic mass is 32.1. The van der Waals surface area contributed by atoms with E-state index in [1.807, 2.05) is 4.90 Å². The van der Waals surface area contributed by atoms with Gasteiger partial charge in [0.15, 0.2) is 0 Å². The van der Waals surface area contributed by atoms with Crippen LogP contribution in [-0.2, 0) is 16.1 Å². The van der Waals surface area contributed by atoms with Crippen molar-refractivity contribution in [3.05, 3.63) is 34.6 Å². The van der Waals surface area contributed by atoms with Crippen LogP contribution in [0.3, 0.4) is 0 Å². The first-order chi connectivity index (χ1) is 13.3. The third-order valence-corrected chi connectivity index (χ3v) is 6.81. The van der Waals surface area contributed by atoms with Crippen molar-refractivity contribution in [3.8, 4) is 0 Å². The van der Waals surface area contributed by atoms with E-state index in [-0.39, 0.29) is 17.6 Å². The first-order valence-corrected chi connectivity index (χ1v) is 10.5. The predicted molar refractivity (Wildman–Crippen MR) is 108 cm³/mol. The smallest absolute Gasteiger partial charge is 0.249 e. The van der Waals surface area contributed by atoms with Gasteiger partial charge in [-0.1, -0.05) is 12.2 Å². The lowest BCUT2D eigenvalue weighted by Gasteiger charge is -2.35. The monoisotopic (exact) mass is 403 g/mol. The van der Waals surface area contributed by atoms with Crippen molar-refractivity contribution in [3.63, 3.8) is 0 Å². The van der Waals surface area contributed by atoms with E-state index in [4.69, 9.17) is 12.2 Å². The SMILES string of the molecule is CC(C)N1CCC(c2cc(F)cc3c2CN(C2CCC(=O)NC2=O)C3=S)CC1. The van der Waals surface area contributed by atoms with Gasteiger partial charge in [0.1, 0.15) is 16.8 Å². The molecule has 0 bridgehead atoms. The maximum absolute atomic E-state index is 14.4. The molecular formula is C21H26FN3O2S. The van der Waals surface area contributed by atoms with Crippen LogP contribution in [0.4, 0.5) is 4.39 Å². The standard InChI is InChI=1S/C21H26FN3O2S/c1-12(2)24-7-5-13(6-8-24)15-9-14(22)10-16-17(15)11-25(21(16)28)18-3-4-19(26)23-20(18)27/h9-10,12-13,18H,3-8,11H2,1-2H3,(H,23,26,27). The quantitative estimate of drug-likeness (QED) is 0.621. The number of halogens is 1. The van der Waals surface area contributed by atoms with Crippen LogP contribution in [0.25, 0.3) is 0 Å². The van der Waals surface area contributed by atoms with E-state index in [2.05, 4.69) is 24.1 Å². The van der Waals surface area contributed by atoms with Gasteiger partial charge in [0, 0.05) is 24.6 Å². The largest absolute Gasteiger partial charge is 0.346 e. The summed E-state index contributed by atoms with van der Waals surface area (Å²) in [6, 6.07) is 3.22. The zero-order valence-corrected chi connectivity index (χ0v) is 17.2. The van der Waals surface area contributed by atoms with Gasteiger partial charge in [0.05, 0.1) is 0 Å². The van der Waals surface area contributed by atoms with Gasteiger partial charge in [-0.15, -0.1) is 0 Å². The van der Waals surface area contributed by atoms with E-state index in [1.54, 1.807) is 6.07 Å². The maximum atomic E-state index is 14.4. The van der Waals surface area contributed by atoms with Crippen LogP contribution in [0.5, 0.6) is 0 Å². The second-order valence-electron chi connectivity index (χ2n) is 8.33. The van der Waals surface area contributed by atoms with Crippen molar-refractivity contribution in [1.29, 1.82) is 0 Å². The fourth-order valence-corrected chi connectivity index (χ4v) is 5.12. The number of imide groups is 1. The summed E-state index contributed by atoms with van der Waals surface area (Å²) < 4.78 is 14.4. The molecule has 0 aliphatic carbocycles. The number of nitrogens with zero attached hydrogens (tertiary/aromatic N) is 2. The van der Waals surface area contributed by atoms with E-state index in [0.29, 0.717) is 36.3 Å². The number of hydrogen-bond donors (Lipinski definition) is 1. The van der Waals surface area contributed by atoms with Crippen molar-refractivity contribution in [2.24, 2.45) is 0 Å². The van der Waals surface area contributed by atoms with E-state index in [0.717, 1.165) is 42.6 Å². The average molecular weight is 404 g/mol. The third kappa shape index (κ3) is 3.46. The molecule has 5 nitrogen and oxygen atoms in total. The van der Waals surface area contributed by atoms with Gasteiger partial charge < -0.3 is 9.80 Å². The molecule has 3 aliphatic heterocycles. The molecule has 3 heterocycles. The second kappa shape index (κ2) is 7.52. The highest BCUT2D eigenvalue weighted by Gasteiger charge is 2.39. The topological polar surface area (TPSA) is 52.6 Å². The van der Waals surface area contributed by atoms with Gasteiger partial charge in [-0.25, -0.2) is 4.39 Å². The van der Waals surface area contributed by atoms with Gasteiger partial charge in [-0.3, -0.25) is 14.9 Å². The summed E-state index contributed by atoms with van der Waals surface area (Å²) >= 11 is 5.62. The number of benzene rings is 1. The van der Waals surface area contributed by atoms with Crippen LogP contribution < -0.4 is 5.32 Å². The Hall–Kier alpha value is -1.86. The minimum absolute atomic E-state index is 0.243. The molecule has 4 rings (SSSR count). The Morgan fingerprint density at radius 3 is 2.54 bits per heavy atom. The van der Waals surface area contributed by atoms with E-state index < -0.39 is 6.04 Å². The first kappa shape index (κ1) is 19.5. The highest BCUT2D eigenvalue weighted by molar-refractivity contribution is 7.80. The summed E-state index contributed by atoms with van der Waals surface area (Å²) in [4.78, 5) is 28.6. The number of hydrogen-bond acceptors (Lipinski definition) is 4. The summed E-state index contributed by atoms with van der Waals surface area (Å²) in [7, 11) is 0. The predicted octanol–water partition coefficient (Wildman–Crippen LogP) is 2.71. The Morgan fingerprint density at radius 1 is 1.18 bits per heavy atom. The Balaban J connectivity index is 1.59. The third-order valence-electron chi connectivity index (χ3n) is 6.35. The summed E-state index contributed by atoms with van der Waals surface area (Å²) in [5, 5.41) is 2.40. The van der Waals surface area contributed by atoms with Crippen LogP contribution >= 0.6 is 12.2 Å². The van der Waals surface area contributed by atoms with Crippen molar-refractivity contribution < 1.29 is 14.0 Å². The van der Waals surface area contributed by atoms with Gasteiger partial charge in [-0.05, 0) is 75.4 Å². The lowest BCUT2D eigenvalue weighted by Crippen LogP contribution is -2.52. The Labute approximate surface area is 170 Å². The van der Waals surface area contributed by atoms with Crippen molar-refractivity contribution in [1.82, 2.24) is 15.1 Å². The number of nitrogens with one attached hydrogen (secondary N) is 1. The number of amides is 2. The molecule has 2 saturated heterocycles. The zero-order valence-electron chi connectivity index (χ0n) is 16.3. The molecule has 2 fully saturated rings. The second-order valence-corrected chi connectivity index (χ2v) is 8.71. The molecule has 0 spiro atoms. The molecule has 28 heavy (non-hydrogen) atoms. The number of fused-ring (bicyclic) bond motifs is 1. The molecule has 3 aliphatic rings.